The maximum absolute atomic E-state index is 6.38. The van der Waals surface area contributed by atoms with Gasteiger partial charge in [0.1, 0.15) is 0 Å². The minimum absolute atomic E-state index is 0.353. The Bertz CT molecular complexity index is 449. The number of rotatable bonds is 8. The van der Waals surface area contributed by atoms with E-state index < -0.39 is 0 Å². The van der Waals surface area contributed by atoms with E-state index in [1.807, 2.05) is 0 Å². The number of nitrogens with one attached hydrogen (secondary N) is 1. The van der Waals surface area contributed by atoms with Crippen molar-refractivity contribution in [3.63, 3.8) is 0 Å². The molecule has 0 fully saturated rings. The zero-order valence-electron chi connectivity index (χ0n) is 14.6. The highest BCUT2D eigenvalue weighted by Gasteiger charge is 2.18. The fourth-order valence-corrected chi connectivity index (χ4v) is 2.76. The summed E-state index contributed by atoms with van der Waals surface area (Å²) in [4.78, 5) is 0. The van der Waals surface area contributed by atoms with Gasteiger partial charge < -0.3 is 5.32 Å². The van der Waals surface area contributed by atoms with Crippen molar-refractivity contribution < 1.29 is 0 Å². The van der Waals surface area contributed by atoms with Crippen LogP contribution in [0.1, 0.15) is 57.2 Å². The van der Waals surface area contributed by atoms with Crippen LogP contribution >= 0.6 is 11.6 Å². The van der Waals surface area contributed by atoms with Gasteiger partial charge in [0.25, 0.3) is 0 Å². The predicted octanol–water partition coefficient (Wildman–Crippen LogP) is 5.55. The van der Waals surface area contributed by atoms with E-state index in [2.05, 4.69) is 59.0 Å². The van der Waals surface area contributed by atoms with Crippen LogP contribution in [0, 0.1) is 25.2 Å². The monoisotopic (exact) mass is 309 g/mol. The van der Waals surface area contributed by atoms with Crippen molar-refractivity contribution in [2.24, 2.45) is 11.3 Å². The van der Waals surface area contributed by atoms with Crippen molar-refractivity contribution in [1.29, 1.82) is 0 Å². The number of halogens is 1. The van der Waals surface area contributed by atoms with E-state index in [9.17, 15) is 0 Å². The minimum atomic E-state index is 0.353. The second-order valence-electron chi connectivity index (χ2n) is 7.54. The molecule has 1 aromatic rings. The number of hydrogen-bond donors (Lipinski definition) is 1. The Hall–Kier alpha value is -0.530. The second kappa shape index (κ2) is 8.19. The third-order valence-electron chi connectivity index (χ3n) is 4.26. The molecule has 1 N–H and O–H groups in total. The standard InChI is InChI=1S/C19H32ClN/c1-14(2)13-21-10-9-19(5,6)8-7-17-11-15(3)16(4)12-18(17)20/h11-12,14,21H,7-10,13H2,1-6H3. The van der Waals surface area contributed by atoms with Gasteiger partial charge in [0.2, 0.25) is 0 Å². The molecule has 0 spiro atoms. The van der Waals surface area contributed by atoms with Crippen molar-refractivity contribution >= 4 is 11.6 Å². The molecule has 120 valence electrons. The van der Waals surface area contributed by atoms with Gasteiger partial charge in [-0.2, -0.15) is 0 Å². The van der Waals surface area contributed by atoms with Crippen LogP contribution in [0.25, 0.3) is 0 Å². The van der Waals surface area contributed by atoms with E-state index in [1.165, 1.54) is 29.5 Å². The van der Waals surface area contributed by atoms with Gasteiger partial charge in [0.05, 0.1) is 0 Å². The van der Waals surface area contributed by atoms with Crippen molar-refractivity contribution in [1.82, 2.24) is 5.32 Å². The molecule has 0 bridgehead atoms. The van der Waals surface area contributed by atoms with Crippen molar-refractivity contribution in [3.05, 3.63) is 33.8 Å². The Kier molecular flexibility index (Phi) is 7.23. The van der Waals surface area contributed by atoms with Crippen molar-refractivity contribution in [2.45, 2.75) is 60.8 Å². The summed E-state index contributed by atoms with van der Waals surface area (Å²) in [6.45, 7) is 15.7. The maximum Gasteiger partial charge on any atom is 0.0440 e. The van der Waals surface area contributed by atoms with E-state index in [0.29, 0.717) is 5.41 Å². The van der Waals surface area contributed by atoms with Crippen LogP contribution in [0.3, 0.4) is 0 Å². The second-order valence-corrected chi connectivity index (χ2v) is 7.95. The smallest absolute Gasteiger partial charge is 0.0440 e. The van der Waals surface area contributed by atoms with Crippen LogP contribution < -0.4 is 5.32 Å². The first kappa shape index (κ1) is 18.5. The van der Waals surface area contributed by atoms with E-state index in [1.54, 1.807) is 0 Å². The molecule has 0 aromatic heterocycles. The first-order valence-corrected chi connectivity index (χ1v) is 8.55. The molecule has 0 saturated heterocycles. The third kappa shape index (κ3) is 6.84. The van der Waals surface area contributed by atoms with E-state index in [0.717, 1.165) is 30.5 Å². The molecule has 0 aliphatic rings. The van der Waals surface area contributed by atoms with Gasteiger partial charge in [0.15, 0.2) is 0 Å². The quantitative estimate of drug-likeness (QED) is 0.621. The van der Waals surface area contributed by atoms with Gasteiger partial charge in [-0.15, -0.1) is 0 Å². The molecule has 0 aliphatic carbocycles. The molecule has 21 heavy (non-hydrogen) atoms. The van der Waals surface area contributed by atoms with Gasteiger partial charge >= 0.3 is 0 Å². The van der Waals surface area contributed by atoms with Crippen LogP contribution in [-0.2, 0) is 6.42 Å². The first-order chi connectivity index (χ1) is 9.71. The summed E-state index contributed by atoms with van der Waals surface area (Å²) >= 11 is 6.38. The van der Waals surface area contributed by atoms with Crippen LogP contribution in [0.5, 0.6) is 0 Å². The summed E-state index contributed by atoms with van der Waals surface area (Å²) < 4.78 is 0. The summed E-state index contributed by atoms with van der Waals surface area (Å²) in [7, 11) is 0. The van der Waals surface area contributed by atoms with E-state index >= 15 is 0 Å². The summed E-state index contributed by atoms with van der Waals surface area (Å²) in [6, 6.07) is 4.36. The topological polar surface area (TPSA) is 12.0 Å². The summed E-state index contributed by atoms with van der Waals surface area (Å²) in [5, 5.41) is 4.46. The molecule has 0 unspecified atom stereocenters. The average Bonchev–Trinajstić information content (AvgIpc) is 2.37. The summed E-state index contributed by atoms with van der Waals surface area (Å²) in [6.07, 6.45) is 3.46. The largest absolute Gasteiger partial charge is 0.316 e. The Morgan fingerprint density at radius 2 is 1.71 bits per heavy atom. The van der Waals surface area contributed by atoms with Crippen LogP contribution in [0.2, 0.25) is 5.02 Å². The zero-order chi connectivity index (χ0) is 16.0. The zero-order valence-corrected chi connectivity index (χ0v) is 15.4. The molecule has 0 amide bonds. The molecule has 1 aromatic carbocycles. The molecule has 0 atom stereocenters. The Morgan fingerprint density at radius 3 is 2.33 bits per heavy atom. The molecule has 0 saturated carbocycles. The lowest BCUT2D eigenvalue weighted by Gasteiger charge is -2.25. The average molecular weight is 310 g/mol. The van der Waals surface area contributed by atoms with Crippen molar-refractivity contribution in [2.75, 3.05) is 13.1 Å². The minimum Gasteiger partial charge on any atom is -0.316 e. The lowest BCUT2D eigenvalue weighted by Crippen LogP contribution is -2.25. The highest BCUT2D eigenvalue weighted by atomic mass is 35.5. The highest BCUT2D eigenvalue weighted by molar-refractivity contribution is 6.31. The summed E-state index contributed by atoms with van der Waals surface area (Å²) in [5.74, 6) is 0.724. The molecule has 0 radical (unpaired) electrons. The third-order valence-corrected chi connectivity index (χ3v) is 4.62. The molecule has 1 rings (SSSR count). The molecule has 2 heteroatoms. The van der Waals surface area contributed by atoms with Gasteiger partial charge in [0, 0.05) is 5.02 Å². The number of aryl methyl sites for hydroxylation is 3. The molecule has 1 nitrogen and oxygen atoms in total. The lowest BCUT2D eigenvalue weighted by atomic mass is 9.83. The molecular weight excluding hydrogens is 278 g/mol. The maximum atomic E-state index is 6.38. The van der Waals surface area contributed by atoms with Gasteiger partial charge in [-0.25, -0.2) is 0 Å². The Morgan fingerprint density at radius 1 is 1.10 bits per heavy atom. The van der Waals surface area contributed by atoms with Crippen LogP contribution in [0.15, 0.2) is 12.1 Å². The Balaban J connectivity index is 2.47. The predicted molar refractivity (Wildman–Crippen MR) is 95.4 cm³/mol. The van der Waals surface area contributed by atoms with Gasteiger partial charge in [-0.1, -0.05) is 45.4 Å². The lowest BCUT2D eigenvalue weighted by molar-refractivity contribution is 0.300. The fraction of sp³-hybridized carbons (Fsp3) is 0.684. The fourth-order valence-electron chi connectivity index (χ4n) is 2.45. The number of benzene rings is 1. The van der Waals surface area contributed by atoms with Crippen LogP contribution in [-0.4, -0.2) is 13.1 Å². The van der Waals surface area contributed by atoms with E-state index in [4.69, 9.17) is 11.6 Å². The molecule has 0 heterocycles. The van der Waals surface area contributed by atoms with Gasteiger partial charge in [-0.3, -0.25) is 0 Å². The molecular formula is C19H32ClN. The molecule has 0 aliphatic heterocycles. The highest BCUT2D eigenvalue weighted by Crippen LogP contribution is 2.29. The summed E-state index contributed by atoms with van der Waals surface area (Å²) in [5.41, 5.74) is 4.27. The van der Waals surface area contributed by atoms with Crippen LogP contribution in [0.4, 0.5) is 0 Å². The van der Waals surface area contributed by atoms with Crippen molar-refractivity contribution in [3.8, 4) is 0 Å². The van der Waals surface area contributed by atoms with Gasteiger partial charge in [-0.05, 0) is 80.3 Å². The van der Waals surface area contributed by atoms with E-state index in [-0.39, 0.29) is 0 Å². The Labute approximate surface area is 136 Å². The first-order valence-electron chi connectivity index (χ1n) is 8.17. The SMILES string of the molecule is Cc1cc(Cl)c(CCC(C)(C)CCNCC(C)C)cc1C. The number of hydrogen-bond acceptors (Lipinski definition) is 1. The normalized spacial score (nSPS) is 12.2.